The first-order chi connectivity index (χ1) is 7.65. The number of nitrogens with zero attached hydrogens (tertiary/aromatic N) is 1. The fraction of sp³-hybridized carbons (Fsp3) is 0.400. The number of carboxylic acid groups (broad SMARTS) is 1. The van der Waals surface area contributed by atoms with E-state index in [-0.39, 0.29) is 16.6 Å². The van der Waals surface area contributed by atoms with Crippen LogP contribution in [0.1, 0.15) is 16.8 Å². The van der Waals surface area contributed by atoms with Gasteiger partial charge in [0.05, 0.1) is 6.61 Å². The molecule has 1 aromatic rings. The van der Waals surface area contributed by atoms with Gasteiger partial charge in [-0.2, -0.15) is 0 Å². The van der Waals surface area contributed by atoms with Crippen molar-refractivity contribution in [3.63, 3.8) is 0 Å². The lowest BCUT2D eigenvalue weighted by Gasteiger charge is -2.07. The highest BCUT2D eigenvalue weighted by Gasteiger charge is 2.13. The first kappa shape index (κ1) is 12.7. The molecule has 6 heteroatoms. The summed E-state index contributed by atoms with van der Waals surface area (Å²) in [6.07, 6.45) is 0.657. The van der Waals surface area contributed by atoms with Crippen LogP contribution in [0.3, 0.4) is 0 Å². The van der Waals surface area contributed by atoms with Crippen LogP contribution in [0.2, 0.25) is 5.15 Å². The molecule has 0 radical (unpaired) electrons. The topological polar surface area (TPSA) is 68.7 Å². The predicted molar refractivity (Wildman–Crippen MR) is 58.2 cm³/mol. The Bertz CT molecular complexity index is 370. The number of carbonyl (C=O) groups is 1. The predicted octanol–water partition coefficient (Wildman–Crippen LogP) is 1.85. The van der Waals surface area contributed by atoms with E-state index >= 15 is 0 Å². The minimum Gasteiger partial charge on any atom is -0.477 e. The molecule has 5 nitrogen and oxygen atoms in total. The number of aromatic carboxylic acids is 1. The summed E-state index contributed by atoms with van der Waals surface area (Å²) in [5, 5.41) is 9.07. The summed E-state index contributed by atoms with van der Waals surface area (Å²) in [5.74, 6) is -1.05. The summed E-state index contributed by atoms with van der Waals surface area (Å²) in [7, 11) is 1.58. The van der Waals surface area contributed by atoms with E-state index in [1.54, 1.807) is 7.11 Å². The molecule has 1 heterocycles. The standard InChI is InChI=1S/C10H12ClNO4/c1-15-5-2-6-16-9-7(10(13)14)3-4-8(11)12-9/h3-4H,2,5-6H2,1H3,(H,13,14). The second-order valence-corrected chi connectivity index (χ2v) is 3.37. The third-order valence-electron chi connectivity index (χ3n) is 1.79. The average Bonchev–Trinajstić information content (AvgIpc) is 2.24. The van der Waals surface area contributed by atoms with Crippen LogP contribution < -0.4 is 4.74 Å². The van der Waals surface area contributed by atoms with Gasteiger partial charge in [0, 0.05) is 20.1 Å². The van der Waals surface area contributed by atoms with E-state index in [1.807, 2.05) is 0 Å². The van der Waals surface area contributed by atoms with E-state index in [0.717, 1.165) is 0 Å². The smallest absolute Gasteiger partial charge is 0.341 e. The lowest BCUT2D eigenvalue weighted by atomic mass is 10.3. The van der Waals surface area contributed by atoms with Crippen molar-refractivity contribution < 1.29 is 19.4 Å². The van der Waals surface area contributed by atoms with Crippen LogP contribution in [0.15, 0.2) is 12.1 Å². The zero-order valence-electron chi connectivity index (χ0n) is 8.77. The van der Waals surface area contributed by atoms with E-state index < -0.39 is 5.97 Å². The Morgan fingerprint density at radius 3 is 2.88 bits per heavy atom. The molecule has 0 spiro atoms. The Morgan fingerprint density at radius 1 is 1.50 bits per heavy atom. The van der Waals surface area contributed by atoms with Gasteiger partial charge >= 0.3 is 5.97 Å². The zero-order valence-corrected chi connectivity index (χ0v) is 9.53. The van der Waals surface area contributed by atoms with Gasteiger partial charge in [0.1, 0.15) is 10.7 Å². The normalized spacial score (nSPS) is 10.1. The van der Waals surface area contributed by atoms with Crippen LogP contribution in [0.4, 0.5) is 0 Å². The molecule has 0 atom stereocenters. The van der Waals surface area contributed by atoms with E-state index in [1.165, 1.54) is 12.1 Å². The summed E-state index contributed by atoms with van der Waals surface area (Å²) in [4.78, 5) is 14.6. The van der Waals surface area contributed by atoms with Crippen LogP contribution in [0, 0.1) is 0 Å². The fourth-order valence-corrected chi connectivity index (χ4v) is 1.20. The third kappa shape index (κ3) is 3.67. The average molecular weight is 246 g/mol. The van der Waals surface area contributed by atoms with Crippen molar-refractivity contribution in [1.82, 2.24) is 4.98 Å². The van der Waals surface area contributed by atoms with E-state index in [2.05, 4.69) is 4.98 Å². The zero-order chi connectivity index (χ0) is 12.0. The highest BCUT2D eigenvalue weighted by Crippen LogP contribution is 2.18. The molecule has 1 rings (SSSR count). The molecule has 0 aromatic carbocycles. The van der Waals surface area contributed by atoms with Gasteiger partial charge < -0.3 is 14.6 Å². The van der Waals surface area contributed by atoms with E-state index in [0.29, 0.717) is 19.6 Å². The first-order valence-corrected chi connectivity index (χ1v) is 5.04. The van der Waals surface area contributed by atoms with Crippen LogP contribution in [-0.4, -0.2) is 36.4 Å². The highest BCUT2D eigenvalue weighted by molar-refractivity contribution is 6.29. The van der Waals surface area contributed by atoms with Gasteiger partial charge in [0.2, 0.25) is 5.88 Å². The molecule has 88 valence electrons. The molecular formula is C10H12ClNO4. The molecule has 0 bridgehead atoms. The van der Waals surface area contributed by atoms with E-state index in [9.17, 15) is 4.79 Å². The lowest BCUT2D eigenvalue weighted by molar-refractivity contribution is 0.0690. The number of methoxy groups -OCH3 is 1. The molecule has 16 heavy (non-hydrogen) atoms. The highest BCUT2D eigenvalue weighted by atomic mass is 35.5. The minimum absolute atomic E-state index is 0.00168. The molecule has 0 saturated heterocycles. The molecule has 0 unspecified atom stereocenters. The molecule has 0 aliphatic carbocycles. The maximum absolute atomic E-state index is 10.8. The van der Waals surface area contributed by atoms with Gasteiger partial charge in [-0.1, -0.05) is 11.6 Å². The molecule has 0 amide bonds. The number of carboxylic acids is 1. The Hall–Kier alpha value is -1.33. The summed E-state index contributed by atoms with van der Waals surface area (Å²) >= 11 is 5.65. The van der Waals surface area contributed by atoms with Gasteiger partial charge in [-0.3, -0.25) is 0 Å². The number of aromatic nitrogens is 1. The summed E-state index contributed by atoms with van der Waals surface area (Å²) in [6.45, 7) is 0.879. The third-order valence-corrected chi connectivity index (χ3v) is 2.00. The fourth-order valence-electron chi connectivity index (χ4n) is 1.06. The maximum atomic E-state index is 10.8. The van der Waals surface area contributed by atoms with Crippen molar-refractivity contribution >= 4 is 17.6 Å². The van der Waals surface area contributed by atoms with E-state index in [4.69, 9.17) is 26.2 Å². The number of halogens is 1. The number of hydrogen-bond donors (Lipinski definition) is 1. The molecule has 1 N–H and O–H groups in total. The SMILES string of the molecule is COCCCOc1nc(Cl)ccc1C(=O)O. The van der Waals surface area contributed by atoms with Crippen LogP contribution in [0.5, 0.6) is 5.88 Å². The molecule has 1 aromatic heterocycles. The van der Waals surface area contributed by atoms with Gasteiger partial charge in [-0.25, -0.2) is 9.78 Å². The number of rotatable bonds is 6. The van der Waals surface area contributed by atoms with Crippen molar-refractivity contribution in [3.8, 4) is 5.88 Å². The lowest BCUT2D eigenvalue weighted by Crippen LogP contribution is -2.07. The first-order valence-electron chi connectivity index (χ1n) is 4.66. The second kappa shape index (κ2) is 6.30. The van der Waals surface area contributed by atoms with Crippen LogP contribution >= 0.6 is 11.6 Å². The van der Waals surface area contributed by atoms with Gasteiger partial charge in [0.15, 0.2) is 0 Å². The number of hydrogen-bond acceptors (Lipinski definition) is 4. The molecule has 0 fully saturated rings. The van der Waals surface area contributed by atoms with Crippen molar-refractivity contribution in [2.45, 2.75) is 6.42 Å². The number of ether oxygens (including phenoxy) is 2. The monoisotopic (exact) mass is 245 g/mol. The maximum Gasteiger partial charge on any atom is 0.341 e. The van der Waals surface area contributed by atoms with Gasteiger partial charge in [0.25, 0.3) is 0 Å². The Balaban J connectivity index is 2.68. The van der Waals surface area contributed by atoms with Crippen molar-refractivity contribution in [2.24, 2.45) is 0 Å². The Kier molecular flexibility index (Phi) is 5.01. The van der Waals surface area contributed by atoms with Gasteiger partial charge in [-0.05, 0) is 12.1 Å². The van der Waals surface area contributed by atoms with Gasteiger partial charge in [-0.15, -0.1) is 0 Å². The number of pyridine rings is 1. The van der Waals surface area contributed by atoms with Crippen molar-refractivity contribution in [2.75, 3.05) is 20.3 Å². The largest absolute Gasteiger partial charge is 0.477 e. The molecule has 0 aliphatic rings. The quantitative estimate of drug-likeness (QED) is 0.612. The second-order valence-electron chi connectivity index (χ2n) is 2.99. The van der Waals surface area contributed by atoms with Crippen LogP contribution in [-0.2, 0) is 4.74 Å². The molecular weight excluding hydrogens is 234 g/mol. The Morgan fingerprint density at radius 2 is 2.25 bits per heavy atom. The summed E-state index contributed by atoms with van der Waals surface area (Å²) < 4.78 is 10.1. The summed E-state index contributed by atoms with van der Waals surface area (Å²) in [6, 6.07) is 2.77. The molecule has 0 saturated carbocycles. The van der Waals surface area contributed by atoms with Crippen molar-refractivity contribution in [3.05, 3.63) is 22.8 Å². The Labute approximate surface area is 98.0 Å². The van der Waals surface area contributed by atoms with Crippen LogP contribution in [0.25, 0.3) is 0 Å². The molecule has 0 aliphatic heterocycles. The summed E-state index contributed by atoms with van der Waals surface area (Å²) in [5.41, 5.74) is 0.00168. The van der Waals surface area contributed by atoms with Crippen molar-refractivity contribution in [1.29, 1.82) is 0 Å². The minimum atomic E-state index is -1.09.